The Kier molecular flexibility index (Phi) is 3.75. The molecule has 0 amide bonds. The molecule has 0 saturated carbocycles. The molecule has 8 heteroatoms. The van der Waals surface area contributed by atoms with E-state index in [0.29, 0.717) is 6.54 Å². The van der Waals surface area contributed by atoms with E-state index in [1.165, 1.54) is 0 Å². The summed E-state index contributed by atoms with van der Waals surface area (Å²) in [5.74, 6) is 1.19. The number of methoxy groups -OCH3 is 1. The third kappa shape index (κ3) is 2.54. The largest absolute Gasteiger partial charge is 0.496 e. The van der Waals surface area contributed by atoms with Crippen LogP contribution in [0.25, 0.3) is 11.0 Å². The van der Waals surface area contributed by atoms with Gasteiger partial charge in [0.05, 0.1) is 19.3 Å². The first-order valence-electron chi connectivity index (χ1n) is 7.52. The van der Waals surface area contributed by atoms with Crippen molar-refractivity contribution in [3.8, 4) is 5.75 Å². The second kappa shape index (κ2) is 5.61. The van der Waals surface area contributed by atoms with Gasteiger partial charge in [0.15, 0.2) is 15.7 Å². The van der Waals surface area contributed by atoms with Crippen LogP contribution in [0.5, 0.6) is 5.75 Å². The Bertz CT molecular complexity index is 907. The maximum Gasteiger partial charge on any atom is 0.221 e. The van der Waals surface area contributed by atoms with Crippen molar-refractivity contribution in [2.24, 2.45) is 0 Å². The van der Waals surface area contributed by atoms with Gasteiger partial charge in [-0.25, -0.2) is 4.98 Å². The van der Waals surface area contributed by atoms with Crippen LogP contribution in [-0.4, -0.2) is 42.3 Å². The van der Waals surface area contributed by atoms with E-state index in [2.05, 4.69) is 9.97 Å². The molecule has 3 heterocycles. The molecular weight excluding hydrogens is 288 g/mol. The Morgan fingerprint density at radius 3 is 2.57 bits per heavy atom. The fraction of sp³-hybridized carbons (Fsp3) is 0.267. The molecule has 0 radical (unpaired) electrons. The van der Waals surface area contributed by atoms with Gasteiger partial charge >= 0.3 is 0 Å². The van der Waals surface area contributed by atoms with Crippen molar-refractivity contribution in [2.45, 2.75) is 20.4 Å². The Labute approximate surface area is 136 Å². The smallest absolute Gasteiger partial charge is 0.221 e. The molecule has 0 aromatic carbocycles. The molecule has 0 bridgehead atoms. The molecule has 0 spiro atoms. The second-order valence-corrected chi connectivity index (χ2v) is 5.78. The lowest BCUT2D eigenvalue weighted by Gasteiger charge is -2.16. The molecule has 6 nitrogen and oxygen atoms in total. The van der Waals surface area contributed by atoms with Crippen LogP contribution in [0.2, 0.25) is 0 Å². The van der Waals surface area contributed by atoms with Crippen molar-refractivity contribution in [3.05, 3.63) is 29.1 Å². The van der Waals surface area contributed by atoms with Gasteiger partial charge in [0.25, 0.3) is 0 Å². The third-order valence-electron chi connectivity index (χ3n) is 4.31. The highest BCUT2D eigenvalue weighted by atomic mass is 16.5. The summed E-state index contributed by atoms with van der Waals surface area (Å²) in [6, 6.07) is 2.01. The summed E-state index contributed by atoms with van der Waals surface area (Å²) in [5.41, 5.74) is 11.6. The summed E-state index contributed by atoms with van der Waals surface area (Å²) in [6.07, 6.45) is 1.99. The van der Waals surface area contributed by atoms with Crippen molar-refractivity contribution in [1.82, 2.24) is 19.5 Å². The average molecular weight is 307 g/mol. The molecule has 116 valence electrons. The van der Waals surface area contributed by atoms with Crippen LogP contribution in [0.3, 0.4) is 0 Å². The second-order valence-electron chi connectivity index (χ2n) is 5.78. The minimum atomic E-state index is 0.289. The molecule has 0 aliphatic rings. The van der Waals surface area contributed by atoms with E-state index in [0.717, 1.165) is 44.8 Å². The van der Waals surface area contributed by atoms with E-state index in [1.54, 1.807) is 7.11 Å². The standard InChI is InChI=1S/C15H19B2N5O/c1-7-10(19-12(16)8(2)11(7)23-3)6-22-5-4-9-13(17)20-15(18)21-14(9)22/h4-5H,6,16-17H2,1-3H3,(H2,18,20,21). The van der Waals surface area contributed by atoms with E-state index in [1.807, 2.05) is 46.4 Å². The van der Waals surface area contributed by atoms with Crippen molar-refractivity contribution < 1.29 is 4.74 Å². The van der Waals surface area contributed by atoms with Crippen molar-refractivity contribution in [1.29, 1.82) is 0 Å². The number of nitrogens with zero attached hydrogens (tertiary/aromatic N) is 4. The maximum atomic E-state index is 5.79. The third-order valence-corrected chi connectivity index (χ3v) is 4.31. The predicted octanol–water partition coefficient (Wildman–Crippen LogP) is -1.40. The van der Waals surface area contributed by atoms with E-state index in [9.17, 15) is 0 Å². The van der Waals surface area contributed by atoms with Crippen LogP contribution in [0.1, 0.15) is 16.8 Å². The number of aromatic nitrogens is 4. The Balaban J connectivity index is 2.12. The SMILES string of the molecule is Bc1nc(Cn2ccc3c(B)nc(N)nc32)c(C)c(OC)c1C. The quantitative estimate of drug-likeness (QED) is 0.602. The normalized spacial score (nSPS) is 11.1. The molecule has 2 N–H and O–H groups in total. The molecule has 0 saturated heterocycles. The zero-order chi connectivity index (χ0) is 16.7. The number of hydrogen-bond donors (Lipinski definition) is 1. The Morgan fingerprint density at radius 1 is 1.13 bits per heavy atom. The van der Waals surface area contributed by atoms with Gasteiger partial charge in [0.2, 0.25) is 5.95 Å². The Morgan fingerprint density at radius 2 is 1.87 bits per heavy atom. The lowest BCUT2D eigenvalue weighted by Crippen LogP contribution is -2.19. The summed E-state index contributed by atoms with van der Waals surface area (Å²) in [7, 11) is 5.63. The van der Waals surface area contributed by atoms with Gasteiger partial charge in [0.1, 0.15) is 11.4 Å². The number of ether oxygens (including phenoxy) is 1. The molecule has 0 fully saturated rings. The van der Waals surface area contributed by atoms with Gasteiger partial charge in [-0.15, -0.1) is 0 Å². The monoisotopic (exact) mass is 307 g/mol. The summed E-state index contributed by atoms with van der Waals surface area (Å²) in [6.45, 7) is 4.68. The van der Waals surface area contributed by atoms with Crippen LogP contribution < -0.4 is 21.7 Å². The van der Waals surface area contributed by atoms with Crippen LogP contribution in [-0.2, 0) is 6.54 Å². The minimum absolute atomic E-state index is 0.289. The molecule has 3 aromatic rings. The zero-order valence-corrected chi connectivity index (χ0v) is 14.1. The van der Waals surface area contributed by atoms with Crippen LogP contribution >= 0.6 is 0 Å². The van der Waals surface area contributed by atoms with Gasteiger partial charge < -0.3 is 15.0 Å². The molecular formula is C15H19B2N5O. The van der Waals surface area contributed by atoms with Crippen LogP contribution in [0, 0.1) is 13.8 Å². The van der Waals surface area contributed by atoms with Gasteiger partial charge in [0, 0.05) is 33.9 Å². The van der Waals surface area contributed by atoms with E-state index < -0.39 is 0 Å². The number of hydrogen-bond acceptors (Lipinski definition) is 5. The molecule has 3 rings (SSSR count). The highest BCUT2D eigenvalue weighted by molar-refractivity contribution is 6.36. The molecule has 0 aliphatic carbocycles. The minimum Gasteiger partial charge on any atom is -0.496 e. The topological polar surface area (TPSA) is 78.9 Å². The fourth-order valence-corrected chi connectivity index (χ4v) is 2.93. The Hall–Kier alpha value is -2.50. The summed E-state index contributed by atoms with van der Waals surface area (Å²) in [5, 5.41) is 1.01. The van der Waals surface area contributed by atoms with Crippen molar-refractivity contribution in [2.75, 3.05) is 12.8 Å². The lowest BCUT2D eigenvalue weighted by atomic mass is 9.95. The number of pyridine rings is 1. The van der Waals surface area contributed by atoms with Crippen molar-refractivity contribution >= 4 is 43.9 Å². The van der Waals surface area contributed by atoms with Crippen LogP contribution in [0.15, 0.2) is 12.3 Å². The number of rotatable bonds is 3. The summed E-state index contributed by atoms with van der Waals surface area (Å²) in [4.78, 5) is 13.3. The number of anilines is 1. The average Bonchev–Trinajstić information content (AvgIpc) is 2.89. The first kappa shape index (κ1) is 15.4. The highest BCUT2D eigenvalue weighted by Gasteiger charge is 2.14. The lowest BCUT2D eigenvalue weighted by molar-refractivity contribution is 0.407. The molecule has 0 atom stereocenters. The molecule has 23 heavy (non-hydrogen) atoms. The van der Waals surface area contributed by atoms with Gasteiger partial charge in [-0.05, 0) is 19.9 Å². The molecule has 0 aliphatic heterocycles. The zero-order valence-electron chi connectivity index (χ0n) is 14.1. The number of nitrogens with two attached hydrogens (primary N) is 1. The molecule has 3 aromatic heterocycles. The van der Waals surface area contributed by atoms with Gasteiger partial charge in [-0.2, -0.15) is 4.98 Å². The van der Waals surface area contributed by atoms with Crippen molar-refractivity contribution in [3.63, 3.8) is 0 Å². The van der Waals surface area contributed by atoms with E-state index >= 15 is 0 Å². The summed E-state index contributed by atoms with van der Waals surface area (Å²) >= 11 is 0. The van der Waals surface area contributed by atoms with E-state index in [-0.39, 0.29) is 5.95 Å². The highest BCUT2D eigenvalue weighted by Crippen LogP contribution is 2.24. The first-order valence-corrected chi connectivity index (χ1v) is 7.52. The fourth-order valence-electron chi connectivity index (χ4n) is 2.93. The van der Waals surface area contributed by atoms with E-state index in [4.69, 9.17) is 15.5 Å². The first-order chi connectivity index (χ1) is 10.9. The number of nitrogen functional groups attached to an aromatic ring is 1. The van der Waals surface area contributed by atoms with Gasteiger partial charge in [-0.1, -0.05) is 0 Å². The van der Waals surface area contributed by atoms with Gasteiger partial charge in [-0.3, -0.25) is 4.98 Å². The summed E-state index contributed by atoms with van der Waals surface area (Å²) < 4.78 is 7.59. The maximum absolute atomic E-state index is 5.79. The van der Waals surface area contributed by atoms with Crippen LogP contribution in [0.4, 0.5) is 5.95 Å². The predicted molar refractivity (Wildman–Crippen MR) is 97.7 cm³/mol. The molecule has 0 unspecified atom stereocenters. The number of fused-ring (bicyclic) bond motifs is 1.